The van der Waals surface area contributed by atoms with Crippen molar-refractivity contribution < 1.29 is 14.2 Å². The van der Waals surface area contributed by atoms with Crippen molar-refractivity contribution in [2.45, 2.75) is 13.0 Å². The molecule has 2 aromatic carbocycles. The van der Waals surface area contributed by atoms with Crippen molar-refractivity contribution in [1.82, 2.24) is 0 Å². The summed E-state index contributed by atoms with van der Waals surface area (Å²) in [7, 11) is 1.58. The molecule has 94 valence electrons. The Morgan fingerprint density at radius 1 is 1.11 bits per heavy atom. The van der Waals surface area contributed by atoms with E-state index in [2.05, 4.69) is 0 Å². The van der Waals surface area contributed by atoms with Crippen LogP contribution in [-0.4, -0.2) is 12.2 Å². The molecule has 0 saturated carbocycles. The van der Waals surface area contributed by atoms with Crippen LogP contribution in [0.1, 0.15) is 22.8 Å². The number of aliphatic hydroxyl groups is 1. The van der Waals surface area contributed by atoms with E-state index in [9.17, 15) is 9.50 Å². The fourth-order valence-corrected chi connectivity index (χ4v) is 1.85. The Bertz CT molecular complexity index is 535. The second-order valence-electron chi connectivity index (χ2n) is 4.15. The van der Waals surface area contributed by atoms with Gasteiger partial charge in [0, 0.05) is 5.56 Å². The maximum absolute atomic E-state index is 13.9. The first kappa shape index (κ1) is 12.6. The number of aryl methyl sites for hydroxylation is 1. The number of ether oxygens (including phenoxy) is 1. The van der Waals surface area contributed by atoms with Gasteiger partial charge in [-0.15, -0.1) is 0 Å². The monoisotopic (exact) mass is 246 g/mol. The summed E-state index contributed by atoms with van der Waals surface area (Å²) in [5.74, 6) is 0.344. The molecular formula is C15H15FO2. The average Bonchev–Trinajstić information content (AvgIpc) is 2.41. The molecule has 0 spiro atoms. The molecule has 0 amide bonds. The Morgan fingerprint density at radius 2 is 1.78 bits per heavy atom. The van der Waals surface area contributed by atoms with E-state index in [1.54, 1.807) is 56.5 Å². The second-order valence-corrected chi connectivity index (χ2v) is 4.15. The molecule has 1 atom stereocenters. The zero-order valence-corrected chi connectivity index (χ0v) is 10.4. The van der Waals surface area contributed by atoms with Gasteiger partial charge in [-0.1, -0.05) is 30.3 Å². The Hall–Kier alpha value is -1.87. The number of halogens is 1. The molecule has 1 unspecified atom stereocenters. The Kier molecular flexibility index (Phi) is 3.63. The van der Waals surface area contributed by atoms with Gasteiger partial charge in [0.25, 0.3) is 0 Å². The molecule has 0 aromatic heterocycles. The lowest BCUT2D eigenvalue weighted by molar-refractivity contribution is 0.214. The first-order chi connectivity index (χ1) is 8.63. The van der Waals surface area contributed by atoms with Gasteiger partial charge in [0.05, 0.1) is 7.11 Å². The lowest BCUT2D eigenvalue weighted by atomic mass is 9.99. The molecule has 0 bridgehead atoms. The lowest BCUT2D eigenvalue weighted by Gasteiger charge is -2.14. The fourth-order valence-electron chi connectivity index (χ4n) is 1.85. The number of hydrogen-bond acceptors (Lipinski definition) is 2. The minimum atomic E-state index is -0.962. The Balaban J connectivity index is 2.35. The van der Waals surface area contributed by atoms with Crippen LogP contribution in [0.5, 0.6) is 5.75 Å². The van der Waals surface area contributed by atoms with Crippen LogP contribution in [-0.2, 0) is 0 Å². The third-order valence-corrected chi connectivity index (χ3v) is 2.95. The molecule has 1 N–H and O–H groups in total. The van der Waals surface area contributed by atoms with E-state index >= 15 is 0 Å². The van der Waals surface area contributed by atoms with Crippen molar-refractivity contribution in [3.8, 4) is 5.75 Å². The summed E-state index contributed by atoms with van der Waals surface area (Å²) in [5.41, 5.74) is 1.46. The normalized spacial score (nSPS) is 12.2. The van der Waals surface area contributed by atoms with E-state index in [-0.39, 0.29) is 5.82 Å². The largest absolute Gasteiger partial charge is 0.497 e. The lowest BCUT2D eigenvalue weighted by Crippen LogP contribution is -2.03. The molecule has 0 aliphatic rings. The van der Waals surface area contributed by atoms with Crippen molar-refractivity contribution in [2.75, 3.05) is 7.11 Å². The zero-order chi connectivity index (χ0) is 13.1. The number of aliphatic hydroxyl groups excluding tert-OH is 1. The van der Waals surface area contributed by atoms with Gasteiger partial charge < -0.3 is 9.84 Å². The average molecular weight is 246 g/mol. The number of rotatable bonds is 3. The van der Waals surface area contributed by atoms with E-state index < -0.39 is 6.10 Å². The molecule has 0 fully saturated rings. The molecule has 0 aliphatic heterocycles. The van der Waals surface area contributed by atoms with Crippen LogP contribution < -0.4 is 4.74 Å². The Morgan fingerprint density at radius 3 is 2.39 bits per heavy atom. The highest BCUT2D eigenvalue weighted by Gasteiger charge is 2.15. The topological polar surface area (TPSA) is 29.5 Å². The number of benzene rings is 2. The van der Waals surface area contributed by atoms with Crippen LogP contribution in [0.2, 0.25) is 0 Å². The van der Waals surface area contributed by atoms with Crippen LogP contribution in [0.4, 0.5) is 4.39 Å². The summed E-state index contributed by atoms with van der Waals surface area (Å²) < 4.78 is 18.9. The van der Waals surface area contributed by atoms with Gasteiger partial charge in [0.1, 0.15) is 17.7 Å². The number of methoxy groups -OCH3 is 1. The molecular weight excluding hydrogens is 231 g/mol. The van der Waals surface area contributed by atoms with Gasteiger partial charge in [-0.2, -0.15) is 0 Å². The smallest absolute Gasteiger partial charge is 0.132 e. The van der Waals surface area contributed by atoms with E-state index in [4.69, 9.17) is 4.74 Å². The third kappa shape index (κ3) is 2.36. The number of hydrogen-bond donors (Lipinski definition) is 1. The molecule has 0 saturated heterocycles. The van der Waals surface area contributed by atoms with E-state index in [0.29, 0.717) is 22.4 Å². The van der Waals surface area contributed by atoms with Crippen LogP contribution in [0.3, 0.4) is 0 Å². The summed E-state index contributed by atoms with van der Waals surface area (Å²) in [5, 5.41) is 10.2. The van der Waals surface area contributed by atoms with Gasteiger partial charge >= 0.3 is 0 Å². The van der Waals surface area contributed by atoms with Crippen LogP contribution >= 0.6 is 0 Å². The van der Waals surface area contributed by atoms with Crippen molar-refractivity contribution >= 4 is 0 Å². The van der Waals surface area contributed by atoms with Gasteiger partial charge in [0.2, 0.25) is 0 Å². The fraction of sp³-hybridized carbons (Fsp3) is 0.200. The summed E-state index contributed by atoms with van der Waals surface area (Å²) in [6, 6.07) is 12.0. The zero-order valence-electron chi connectivity index (χ0n) is 10.4. The highest BCUT2D eigenvalue weighted by atomic mass is 19.1. The Labute approximate surface area is 106 Å². The van der Waals surface area contributed by atoms with E-state index in [1.807, 2.05) is 0 Å². The van der Waals surface area contributed by atoms with Crippen LogP contribution in [0, 0.1) is 12.7 Å². The maximum atomic E-state index is 13.9. The van der Waals surface area contributed by atoms with E-state index in [0.717, 1.165) is 0 Å². The molecule has 2 aromatic rings. The standard InChI is InChI=1S/C15H15FO2/c1-10-4-3-5-13(14(10)16)15(17)11-6-8-12(18-2)9-7-11/h3-9,15,17H,1-2H3. The molecule has 0 aliphatic carbocycles. The minimum Gasteiger partial charge on any atom is -0.497 e. The minimum absolute atomic E-state index is 0.292. The predicted octanol–water partition coefficient (Wildman–Crippen LogP) is 3.22. The molecule has 0 radical (unpaired) electrons. The molecule has 18 heavy (non-hydrogen) atoms. The van der Waals surface area contributed by atoms with Gasteiger partial charge in [0.15, 0.2) is 0 Å². The van der Waals surface area contributed by atoms with Crippen LogP contribution in [0.25, 0.3) is 0 Å². The molecule has 0 heterocycles. The van der Waals surface area contributed by atoms with Crippen LogP contribution in [0.15, 0.2) is 42.5 Å². The maximum Gasteiger partial charge on any atom is 0.132 e. The van der Waals surface area contributed by atoms with Crippen molar-refractivity contribution in [3.05, 3.63) is 65.0 Å². The summed E-state index contributed by atoms with van der Waals surface area (Å²) in [6.45, 7) is 1.68. The molecule has 3 heteroatoms. The van der Waals surface area contributed by atoms with E-state index in [1.165, 1.54) is 0 Å². The SMILES string of the molecule is COc1ccc(C(O)c2cccc(C)c2F)cc1. The highest BCUT2D eigenvalue weighted by molar-refractivity contribution is 5.36. The summed E-state index contributed by atoms with van der Waals surface area (Å²) in [6.07, 6.45) is -0.962. The second kappa shape index (κ2) is 5.19. The van der Waals surface area contributed by atoms with Crippen molar-refractivity contribution in [3.63, 3.8) is 0 Å². The quantitative estimate of drug-likeness (QED) is 0.901. The first-order valence-corrected chi connectivity index (χ1v) is 5.70. The predicted molar refractivity (Wildman–Crippen MR) is 68.2 cm³/mol. The third-order valence-electron chi connectivity index (χ3n) is 2.95. The summed E-state index contributed by atoms with van der Waals surface area (Å²) in [4.78, 5) is 0. The van der Waals surface area contributed by atoms with Gasteiger partial charge in [-0.05, 0) is 30.2 Å². The molecule has 2 nitrogen and oxygen atoms in total. The van der Waals surface area contributed by atoms with Gasteiger partial charge in [-0.3, -0.25) is 0 Å². The van der Waals surface area contributed by atoms with Crippen molar-refractivity contribution in [2.24, 2.45) is 0 Å². The highest BCUT2D eigenvalue weighted by Crippen LogP contribution is 2.26. The summed E-state index contributed by atoms with van der Waals surface area (Å²) >= 11 is 0. The van der Waals surface area contributed by atoms with Gasteiger partial charge in [-0.25, -0.2) is 4.39 Å². The van der Waals surface area contributed by atoms with Crippen molar-refractivity contribution in [1.29, 1.82) is 0 Å². The first-order valence-electron chi connectivity index (χ1n) is 5.70. The molecule has 2 rings (SSSR count).